The van der Waals surface area contributed by atoms with Gasteiger partial charge in [0.2, 0.25) is 5.60 Å². The molecule has 0 saturated heterocycles. The molecule has 1 N–H and O–H groups in total. The number of aliphatic hydroxyl groups is 1. The van der Waals surface area contributed by atoms with Gasteiger partial charge < -0.3 is 5.11 Å². The van der Waals surface area contributed by atoms with E-state index in [9.17, 15) is 27.5 Å². The van der Waals surface area contributed by atoms with E-state index in [1.807, 2.05) is 0 Å². The molecule has 0 fully saturated rings. The summed E-state index contributed by atoms with van der Waals surface area (Å²) >= 11 is 0. The van der Waals surface area contributed by atoms with Crippen LogP contribution in [0.5, 0.6) is 0 Å². The molecule has 1 unspecified atom stereocenters. The van der Waals surface area contributed by atoms with Crippen LogP contribution >= 0.6 is 0 Å². The molecule has 4 nitrogen and oxygen atoms in total. The molecule has 0 bridgehead atoms. The van der Waals surface area contributed by atoms with E-state index in [-0.39, 0.29) is 34.6 Å². The number of carbonyl (C=O) groups is 1. The number of halogens is 4. The van der Waals surface area contributed by atoms with Gasteiger partial charge in [-0.25, -0.2) is 4.39 Å². The van der Waals surface area contributed by atoms with Crippen LogP contribution in [0.2, 0.25) is 0 Å². The molecular weight excluding hydrogens is 388 g/mol. The Bertz CT molecular complexity index is 1120. The standard InChI is InChI=1S/C21H16F4N2O2/c1-2-14(28)11-27-10-12(9-26-27)16-7-13(22)8-18-19(16)15-5-3-4-6-17(15)20(18,29)21(23,24)25/h3-10,29H,2,11H2,1H3. The highest BCUT2D eigenvalue weighted by Crippen LogP contribution is 2.57. The second-order valence-corrected chi connectivity index (χ2v) is 6.95. The summed E-state index contributed by atoms with van der Waals surface area (Å²) in [5, 5.41) is 14.8. The van der Waals surface area contributed by atoms with Crippen molar-refractivity contribution in [1.29, 1.82) is 0 Å². The van der Waals surface area contributed by atoms with Crippen molar-refractivity contribution in [3.8, 4) is 22.3 Å². The van der Waals surface area contributed by atoms with Crippen LogP contribution in [-0.2, 0) is 16.9 Å². The fraction of sp³-hybridized carbons (Fsp3) is 0.238. The number of hydrogen-bond acceptors (Lipinski definition) is 3. The number of aromatic nitrogens is 2. The molecule has 2 aromatic carbocycles. The van der Waals surface area contributed by atoms with Crippen LogP contribution in [-0.4, -0.2) is 26.8 Å². The van der Waals surface area contributed by atoms with E-state index in [0.717, 1.165) is 12.1 Å². The number of benzene rings is 2. The summed E-state index contributed by atoms with van der Waals surface area (Å²) in [6.45, 7) is 1.72. The maximum absolute atomic E-state index is 14.4. The summed E-state index contributed by atoms with van der Waals surface area (Å²) in [6, 6.07) is 7.43. The highest BCUT2D eigenvalue weighted by Gasteiger charge is 2.61. The van der Waals surface area contributed by atoms with Crippen LogP contribution in [0, 0.1) is 5.82 Å². The van der Waals surface area contributed by atoms with E-state index >= 15 is 0 Å². The van der Waals surface area contributed by atoms with Gasteiger partial charge in [-0.1, -0.05) is 31.2 Å². The molecule has 3 aromatic rings. The number of ketones is 1. The molecule has 0 saturated carbocycles. The molecule has 29 heavy (non-hydrogen) atoms. The number of fused-ring (bicyclic) bond motifs is 3. The monoisotopic (exact) mass is 404 g/mol. The molecule has 1 aliphatic carbocycles. The number of nitrogens with zero attached hydrogens (tertiary/aromatic N) is 2. The van der Waals surface area contributed by atoms with Crippen molar-refractivity contribution in [1.82, 2.24) is 9.78 Å². The lowest BCUT2D eigenvalue weighted by molar-refractivity contribution is -0.246. The van der Waals surface area contributed by atoms with Crippen molar-refractivity contribution >= 4 is 5.78 Å². The summed E-state index contributed by atoms with van der Waals surface area (Å²) in [5.74, 6) is -0.979. The van der Waals surface area contributed by atoms with Crippen LogP contribution in [0.25, 0.3) is 22.3 Å². The number of hydrogen-bond donors (Lipinski definition) is 1. The van der Waals surface area contributed by atoms with Gasteiger partial charge in [-0.2, -0.15) is 18.3 Å². The lowest BCUT2D eigenvalue weighted by Crippen LogP contribution is -2.41. The molecule has 1 heterocycles. The average molecular weight is 404 g/mol. The van der Waals surface area contributed by atoms with Crippen molar-refractivity contribution < 1.29 is 27.5 Å². The number of rotatable bonds is 4. The van der Waals surface area contributed by atoms with Gasteiger partial charge in [-0.15, -0.1) is 0 Å². The predicted molar refractivity (Wildman–Crippen MR) is 97.4 cm³/mol. The van der Waals surface area contributed by atoms with Crippen LogP contribution in [0.15, 0.2) is 48.8 Å². The summed E-state index contributed by atoms with van der Waals surface area (Å²) in [6.07, 6.45) is -1.88. The number of carbonyl (C=O) groups excluding carboxylic acids is 1. The molecule has 150 valence electrons. The first-order valence-corrected chi connectivity index (χ1v) is 8.94. The molecule has 0 radical (unpaired) electrons. The first-order valence-electron chi connectivity index (χ1n) is 8.94. The topological polar surface area (TPSA) is 55.1 Å². The van der Waals surface area contributed by atoms with Crippen molar-refractivity contribution in [3.05, 3.63) is 65.7 Å². The molecule has 1 aromatic heterocycles. The Kier molecular flexibility index (Phi) is 4.34. The normalized spacial score (nSPS) is 17.9. The quantitative estimate of drug-likeness (QED) is 0.654. The van der Waals surface area contributed by atoms with Gasteiger partial charge >= 0.3 is 6.18 Å². The minimum atomic E-state index is -5.04. The molecule has 0 aliphatic heterocycles. The lowest BCUT2D eigenvalue weighted by atomic mass is 9.89. The molecule has 0 amide bonds. The van der Waals surface area contributed by atoms with Gasteiger partial charge in [0, 0.05) is 29.3 Å². The van der Waals surface area contributed by atoms with E-state index in [1.165, 1.54) is 35.3 Å². The van der Waals surface area contributed by atoms with Crippen molar-refractivity contribution in [2.24, 2.45) is 0 Å². The molecule has 0 spiro atoms. The molecule has 8 heteroatoms. The Hall–Kier alpha value is -3.00. The summed E-state index contributed by atoms with van der Waals surface area (Å²) in [7, 11) is 0. The summed E-state index contributed by atoms with van der Waals surface area (Å²) in [4.78, 5) is 11.6. The minimum Gasteiger partial charge on any atom is -0.372 e. The van der Waals surface area contributed by atoms with Crippen molar-refractivity contribution in [2.75, 3.05) is 0 Å². The zero-order valence-electron chi connectivity index (χ0n) is 15.3. The second kappa shape index (κ2) is 6.52. The maximum Gasteiger partial charge on any atom is 0.425 e. The number of alkyl halides is 3. The fourth-order valence-electron chi connectivity index (χ4n) is 3.76. The summed E-state index contributed by atoms with van der Waals surface area (Å²) in [5.41, 5.74) is -3.42. The van der Waals surface area contributed by atoms with Crippen LogP contribution in [0.4, 0.5) is 17.6 Å². The van der Waals surface area contributed by atoms with Gasteiger partial charge in [0.05, 0.1) is 12.7 Å². The smallest absolute Gasteiger partial charge is 0.372 e. The van der Waals surface area contributed by atoms with Crippen LogP contribution < -0.4 is 0 Å². The van der Waals surface area contributed by atoms with Gasteiger partial charge in [-0.3, -0.25) is 9.48 Å². The van der Waals surface area contributed by atoms with E-state index in [4.69, 9.17) is 0 Å². The molecule has 1 atom stereocenters. The Labute approximate surface area is 163 Å². The summed E-state index contributed by atoms with van der Waals surface area (Å²) < 4.78 is 57.5. The van der Waals surface area contributed by atoms with E-state index in [0.29, 0.717) is 12.0 Å². The Morgan fingerprint density at radius 1 is 1.17 bits per heavy atom. The second-order valence-electron chi connectivity index (χ2n) is 6.95. The molecule has 4 rings (SSSR count). The largest absolute Gasteiger partial charge is 0.425 e. The molecule has 1 aliphatic rings. The Morgan fingerprint density at radius 3 is 2.59 bits per heavy atom. The minimum absolute atomic E-state index is 0.0110. The van der Waals surface area contributed by atoms with Crippen molar-refractivity contribution in [3.63, 3.8) is 0 Å². The van der Waals surface area contributed by atoms with Gasteiger partial charge in [0.25, 0.3) is 0 Å². The van der Waals surface area contributed by atoms with E-state index in [2.05, 4.69) is 5.10 Å². The van der Waals surface area contributed by atoms with Crippen molar-refractivity contribution in [2.45, 2.75) is 31.7 Å². The number of Topliss-reactive ketones (excluding diaryl/α,β-unsaturated/α-hetero) is 1. The first-order chi connectivity index (χ1) is 13.7. The first kappa shape index (κ1) is 19.3. The third-order valence-corrected chi connectivity index (χ3v) is 5.17. The van der Waals surface area contributed by atoms with Gasteiger partial charge in [0.15, 0.2) is 5.78 Å². The zero-order chi connectivity index (χ0) is 21.0. The van der Waals surface area contributed by atoms with E-state index < -0.39 is 23.2 Å². The van der Waals surface area contributed by atoms with E-state index in [1.54, 1.807) is 13.0 Å². The third kappa shape index (κ3) is 2.86. The van der Waals surface area contributed by atoms with Crippen LogP contribution in [0.1, 0.15) is 24.5 Å². The zero-order valence-corrected chi connectivity index (χ0v) is 15.3. The highest BCUT2D eigenvalue weighted by molar-refractivity contribution is 5.92. The molecular formula is C21H16F4N2O2. The van der Waals surface area contributed by atoms with Gasteiger partial charge in [0.1, 0.15) is 5.82 Å². The predicted octanol–water partition coefficient (Wildman–Crippen LogP) is 4.45. The van der Waals surface area contributed by atoms with Gasteiger partial charge in [-0.05, 0) is 28.8 Å². The average Bonchev–Trinajstić information content (AvgIpc) is 3.23. The Morgan fingerprint density at radius 2 is 1.90 bits per heavy atom. The SMILES string of the molecule is CCC(=O)Cn1cc(-c2cc(F)cc3c2-c2ccccc2C3(O)C(F)(F)F)cn1. The fourth-order valence-corrected chi connectivity index (χ4v) is 3.76. The van der Waals surface area contributed by atoms with Crippen LogP contribution in [0.3, 0.4) is 0 Å². The Balaban J connectivity index is 1.96. The third-order valence-electron chi connectivity index (χ3n) is 5.17. The lowest BCUT2D eigenvalue weighted by Gasteiger charge is -2.28. The maximum atomic E-state index is 14.4. The highest BCUT2D eigenvalue weighted by atomic mass is 19.4.